The van der Waals surface area contributed by atoms with Gasteiger partial charge in [0.2, 0.25) is 0 Å². The third-order valence-electron chi connectivity index (χ3n) is 21.0. The molecule has 0 radical (unpaired) electrons. The van der Waals surface area contributed by atoms with Crippen LogP contribution in [0.15, 0.2) is 162 Å². The first-order valence-electron chi connectivity index (χ1n) is 27.5. The molecule has 6 aliphatic rings. The highest BCUT2D eigenvalue weighted by Crippen LogP contribution is 2.65. The van der Waals surface area contributed by atoms with Gasteiger partial charge in [0.05, 0.1) is 11.1 Å². The minimum absolute atomic E-state index is 0.0101. The van der Waals surface area contributed by atoms with E-state index in [1.807, 2.05) is 0 Å². The van der Waals surface area contributed by atoms with Crippen molar-refractivity contribution in [1.82, 2.24) is 0 Å². The Morgan fingerprint density at radius 2 is 0.877 bits per heavy atom. The lowest BCUT2D eigenvalue weighted by atomic mass is 9.61. The minimum Gasteiger partial charge on any atom is -0.455 e. The first-order chi connectivity index (χ1) is 35.2. The van der Waals surface area contributed by atoms with Crippen LogP contribution in [0.3, 0.4) is 0 Å². The van der Waals surface area contributed by atoms with Crippen molar-refractivity contribution in [2.75, 3.05) is 9.80 Å². The number of fused-ring (bicyclic) bond motifs is 16. The molecule has 3 heteroatoms. The van der Waals surface area contributed by atoms with Crippen molar-refractivity contribution in [2.24, 2.45) is 0 Å². The summed E-state index contributed by atoms with van der Waals surface area (Å²) in [5.74, 6) is 0. The molecular weight excluding hydrogens is 885 g/mol. The van der Waals surface area contributed by atoms with Crippen LogP contribution < -0.4 is 9.80 Å². The fourth-order valence-electron chi connectivity index (χ4n) is 16.5. The highest BCUT2D eigenvalue weighted by atomic mass is 16.3. The Bertz CT molecular complexity index is 3840. The molecule has 1 aromatic heterocycles. The number of para-hydroxylation sites is 3. The summed E-state index contributed by atoms with van der Waals surface area (Å²) in [6, 6.07) is 60.9. The number of nitrogens with zero attached hydrogens (tertiary/aromatic N) is 2. The molecule has 0 spiro atoms. The van der Waals surface area contributed by atoms with Gasteiger partial charge in [-0.15, -0.1) is 0 Å². The maximum absolute atomic E-state index is 7.19. The molecule has 362 valence electrons. The highest BCUT2D eigenvalue weighted by Gasteiger charge is 2.59. The van der Waals surface area contributed by atoms with Crippen LogP contribution in [0.25, 0.3) is 66.4 Å². The molecule has 2 aliphatic heterocycles. The van der Waals surface area contributed by atoms with Crippen LogP contribution in [0.5, 0.6) is 0 Å². The zero-order chi connectivity index (χ0) is 49.6. The Hall–Kier alpha value is -6.84. The minimum atomic E-state index is -0.256. The normalized spacial score (nSPS) is 25.5. The lowest BCUT2D eigenvalue weighted by Crippen LogP contribution is -2.54. The van der Waals surface area contributed by atoms with E-state index in [-0.39, 0.29) is 32.7 Å². The molecule has 2 fully saturated rings. The maximum Gasteiger partial charge on any atom is 0.144 e. The number of hydrogen-bond donors (Lipinski definition) is 0. The zero-order valence-electron chi connectivity index (χ0n) is 44.0. The monoisotopic (exact) mass is 951 g/mol. The predicted molar refractivity (Wildman–Crippen MR) is 305 cm³/mol. The van der Waals surface area contributed by atoms with E-state index >= 15 is 0 Å². The Kier molecular flexibility index (Phi) is 8.66. The number of furan rings is 1. The first-order valence-corrected chi connectivity index (χ1v) is 27.5. The van der Waals surface area contributed by atoms with Crippen LogP contribution in [0.4, 0.5) is 22.7 Å². The molecule has 2 saturated carbocycles. The molecule has 15 rings (SSSR count). The standard InChI is InChI=1S/C70H66N2O/c1-65(2)53-37-43(44-28-31-59-56(38-44)67(5)33-17-19-35-69(67,7)71(59)46-21-11-9-12-22-46)27-30-48(53)51-40-52-55(42-54(51)65)66(3,4)58-41-50(62-49-25-15-16-26-61(49)73-64(62)63(52)58)45-29-32-60-57(39-45)68(6)34-18-20-36-70(68,8)72(60)47-23-13-10-14-24-47/h9-16,21-32,37-42H,17-20,33-36H2,1-8H3. The molecule has 0 bridgehead atoms. The summed E-state index contributed by atoms with van der Waals surface area (Å²) >= 11 is 0. The summed E-state index contributed by atoms with van der Waals surface area (Å²) in [7, 11) is 0. The van der Waals surface area contributed by atoms with Crippen molar-refractivity contribution < 1.29 is 4.42 Å². The van der Waals surface area contributed by atoms with E-state index in [1.54, 1.807) is 0 Å². The largest absolute Gasteiger partial charge is 0.455 e. The fraction of sp³-hybridized carbons (Fsp3) is 0.314. The van der Waals surface area contributed by atoms with Crippen LogP contribution in [0, 0.1) is 0 Å². The molecular formula is C70H66N2O. The molecule has 3 nitrogen and oxygen atoms in total. The molecule has 8 aromatic carbocycles. The Labute approximate surface area is 431 Å². The predicted octanol–water partition coefficient (Wildman–Crippen LogP) is 19.0. The second-order valence-corrected chi connectivity index (χ2v) is 25.0. The molecule has 0 saturated heterocycles. The van der Waals surface area contributed by atoms with E-state index in [1.165, 1.54) is 163 Å². The van der Waals surface area contributed by atoms with Gasteiger partial charge in [0.1, 0.15) is 11.2 Å². The maximum atomic E-state index is 7.19. The molecule has 3 heterocycles. The fourth-order valence-corrected chi connectivity index (χ4v) is 16.5. The van der Waals surface area contributed by atoms with Gasteiger partial charge >= 0.3 is 0 Å². The van der Waals surface area contributed by atoms with E-state index in [0.717, 1.165) is 11.2 Å². The second-order valence-electron chi connectivity index (χ2n) is 25.0. The third kappa shape index (κ3) is 5.41. The second kappa shape index (κ2) is 14.5. The van der Waals surface area contributed by atoms with Gasteiger partial charge in [-0.2, -0.15) is 0 Å². The summed E-state index contributed by atoms with van der Waals surface area (Å²) in [6.07, 6.45) is 9.85. The van der Waals surface area contributed by atoms with Crippen LogP contribution >= 0.6 is 0 Å². The topological polar surface area (TPSA) is 19.6 Å². The SMILES string of the molecule is CC1(C)c2cc(-c3ccc4c(c3)C3(C)CCCCC3(C)N4c3ccccc3)ccc2-c2cc3c(cc21)C(C)(C)c1cc(-c2ccc4c(c2)C2(C)CCCCC2(C)N4c2ccccc2)c2c(oc4ccccc42)c1-3. The van der Waals surface area contributed by atoms with Crippen LogP contribution in [0.1, 0.15) is 140 Å². The van der Waals surface area contributed by atoms with Gasteiger partial charge in [0, 0.05) is 60.7 Å². The van der Waals surface area contributed by atoms with Gasteiger partial charge in [-0.05, 0) is 185 Å². The number of hydrogen-bond acceptors (Lipinski definition) is 3. The van der Waals surface area contributed by atoms with E-state index in [9.17, 15) is 0 Å². The quantitative estimate of drug-likeness (QED) is 0.175. The summed E-state index contributed by atoms with van der Waals surface area (Å²) in [5.41, 5.74) is 26.0. The lowest BCUT2D eigenvalue weighted by molar-refractivity contribution is 0.195. The van der Waals surface area contributed by atoms with E-state index in [0.29, 0.717) is 0 Å². The van der Waals surface area contributed by atoms with Crippen molar-refractivity contribution in [1.29, 1.82) is 0 Å². The summed E-state index contributed by atoms with van der Waals surface area (Å²) in [5, 5.41) is 2.41. The molecule has 4 aliphatic carbocycles. The Balaban J connectivity index is 0.869. The molecule has 0 N–H and O–H groups in total. The molecule has 4 atom stereocenters. The zero-order valence-corrected chi connectivity index (χ0v) is 44.0. The summed E-state index contributed by atoms with van der Waals surface area (Å²) in [6.45, 7) is 20.0. The average molecular weight is 951 g/mol. The van der Waals surface area contributed by atoms with Crippen molar-refractivity contribution in [3.05, 3.63) is 191 Å². The molecule has 4 unspecified atom stereocenters. The summed E-state index contributed by atoms with van der Waals surface area (Å²) < 4.78 is 7.19. The van der Waals surface area contributed by atoms with Crippen molar-refractivity contribution in [2.45, 2.75) is 139 Å². The van der Waals surface area contributed by atoms with Crippen LogP contribution in [-0.2, 0) is 21.7 Å². The smallest absolute Gasteiger partial charge is 0.144 e. The van der Waals surface area contributed by atoms with E-state index < -0.39 is 0 Å². The molecule has 9 aromatic rings. The molecule has 73 heavy (non-hydrogen) atoms. The Morgan fingerprint density at radius 1 is 0.384 bits per heavy atom. The van der Waals surface area contributed by atoms with Crippen molar-refractivity contribution in [3.63, 3.8) is 0 Å². The highest BCUT2D eigenvalue weighted by molar-refractivity contribution is 6.18. The van der Waals surface area contributed by atoms with Gasteiger partial charge in [-0.3, -0.25) is 0 Å². The van der Waals surface area contributed by atoms with E-state index in [2.05, 4.69) is 223 Å². The van der Waals surface area contributed by atoms with Crippen LogP contribution in [0.2, 0.25) is 0 Å². The lowest BCUT2D eigenvalue weighted by Gasteiger charge is -2.50. The van der Waals surface area contributed by atoms with E-state index in [4.69, 9.17) is 4.42 Å². The van der Waals surface area contributed by atoms with Gasteiger partial charge < -0.3 is 14.2 Å². The molecule has 0 amide bonds. The van der Waals surface area contributed by atoms with Gasteiger partial charge in [-0.1, -0.05) is 152 Å². The van der Waals surface area contributed by atoms with Crippen molar-refractivity contribution >= 4 is 44.7 Å². The number of rotatable bonds is 4. The van der Waals surface area contributed by atoms with Gasteiger partial charge in [-0.25, -0.2) is 0 Å². The first kappa shape index (κ1) is 43.7. The van der Waals surface area contributed by atoms with Gasteiger partial charge in [0.25, 0.3) is 0 Å². The summed E-state index contributed by atoms with van der Waals surface area (Å²) in [4.78, 5) is 5.37. The van der Waals surface area contributed by atoms with Crippen molar-refractivity contribution in [3.8, 4) is 44.5 Å². The van der Waals surface area contributed by atoms with Crippen LogP contribution in [-0.4, -0.2) is 11.1 Å². The van der Waals surface area contributed by atoms with Gasteiger partial charge in [0.15, 0.2) is 0 Å². The average Bonchev–Trinajstić information content (AvgIpc) is 4.10. The third-order valence-corrected chi connectivity index (χ3v) is 21.0. The number of benzene rings is 8. The Morgan fingerprint density at radius 3 is 1.51 bits per heavy atom. The number of anilines is 4.